The van der Waals surface area contributed by atoms with Gasteiger partial charge in [0.25, 0.3) is 0 Å². The number of carboxylic acid groups (broad SMARTS) is 1. The largest absolute Gasteiger partial charge is 0.543 e. The molecule has 0 spiro atoms. The van der Waals surface area contributed by atoms with Crippen molar-refractivity contribution in [1.82, 2.24) is 4.98 Å². The van der Waals surface area contributed by atoms with Crippen LogP contribution in [-0.4, -0.2) is 18.1 Å². The smallest absolute Gasteiger partial charge is 0.151 e. The Hall–Kier alpha value is -1.10. The number of nitrogens with zero attached hydrogens (tertiary/aromatic N) is 1. The van der Waals surface area contributed by atoms with E-state index in [2.05, 4.69) is 20.9 Å². The Morgan fingerprint density at radius 3 is 2.75 bits per heavy atom. The highest BCUT2D eigenvalue weighted by Crippen LogP contribution is 2.21. The third-order valence-corrected chi connectivity index (χ3v) is 1.81. The molecule has 0 fully saturated rings. The average Bonchev–Trinajstić information content (AvgIpc) is 2.04. The highest BCUT2D eigenvalue weighted by Gasteiger charge is 2.02. The fourth-order valence-electron chi connectivity index (χ4n) is 0.687. The number of ether oxygens (including phenoxy) is 1. The number of carbonyl (C=O) groups excluding carboxylic acids is 1. The van der Waals surface area contributed by atoms with E-state index in [4.69, 9.17) is 4.74 Å². The van der Waals surface area contributed by atoms with Gasteiger partial charge in [0.15, 0.2) is 5.75 Å². The Bertz CT molecular complexity index is 314. The molecule has 0 unspecified atom stereocenters. The minimum absolute atomic E-state index is 0.123. The summed E-state index contributed by atoms with van der Waals surface area (Å²) in [6, 6.07) is 2.82. The van der Waals surface area contributed by atoms with Crippen molar-refractivity contribution in [1.29, 1.82) is 0 Å². The van der Waals surface area contributed by atoms with Crippen LogP contribution < -0.4 is 9.84 Å². The molecule has 0 N–H and O–H groups in total. The van der Waals surface area contributed by atoms with Gasteiger partial charge in [-0.25, -0.2) is 4.98 Å². The molecular weight excluding hydrogens is 226 g/mol. The Labute approximate surface area is 77.3 Å². The fourth-order valence-corrected chi connectivity index (χ4v) is 1.17. The standard InChI is InChI=1S/C7H6BrNO3/c1-12-5-3-2-4(7(10)11)9-6(5)8/h2-3H,1H3,(H,10,11)/p-1. The van der Waals surface area contributed by atoms with Crippen LogP contribution in [0.4, 0.5) is 0 Å². The Kier molecular flexibility index (Phi) is 2.65. The van der Waals surface area contributed by atoms with E-state index < -0.39 is 5.97 Å². The summed E-state index contributed by atoms with van der Waals surface area (Å²) in [7, 11) is 1.47. The van der Waals surface area contributed by atoms with Gasteiger partial charge >= 0.3 is 0 Å². The first-order valence-corrected chi connectivity index (χ1v) is 3.86. The van der Waals surface area contributed by atoms with Crippen LogP contribution in [0.3, 0.4) is 0 Å². The number of rotatable bonds is 2. The van der Waals surface area contributed by atoms with Crippen molar-refractivity contribution in [3.05, 3.63) is 22.4 Å². The molecule has 0 saturated carbocycles. The number of carboxylic acids is 1. The lowest BCUT2D eigenvalue weighted by molar-refractivity contribution is -0.255. The number of methoxy groups -OCH3 is 1. The predicted molar refractivity (Wildman–Crippen MR) is 42.8 cm³/mol. The molecule has 0 radical (unpaired) electrons. The van der Waals surface area contributed by atoms with Gasteiger partial charge in [-0.3, -0.25) is 0 Å². The van der Waals surface area contributed by atoms with Gasteiger partial charge in [0.1, 0.15) is 4.60 Å². The molecule has 0 atom stereocenters. The van der Waals surface area contributed by atoms with E-state index in [1.165, 1.54) is 19.2 Å². The summed E-state index contributed by atoms with van der Waals surface area (Å²) >= 11 is 3.05. The lowest BCUT2D eigenvalue weighted by Gasteiger charge is -2.04. The van der Waals surface area contributed by atoms with Crippen LogP contribution in [0.5, 0.6) is 5.75 Å². The third kappa shape index (κ3) is 1.73. The van der Waals surface area contributed by atoms with Crippen molar-refractivity contribution in [2.45, 2.75) is 0 Å². The van der Waals surface area contributed by atoms with Gasteiger partial charge < -0.3 is 14.6 Å². The number of aromatic nitrogens is 1. The van der Waals surface area contributed by atoms with Crippen molar-refractivity contribution < 1.29 is 14.6 Å². The number of hydrogen-bond acceptors (Lipinski definition) is 4. The highest BCUT2D eigenvalue weighted by atomic mass is 79.9. The van der Waals surface area contributed by atoms with Crippen LogP contribution in [0.15, 0.2) is 16.7 Å². The maximum absolute atomic E-state index is 10.3. The van der Waals surface area contributed by atoms with Gasteiger partial charge in [0.05, 0.1) is 18.8 Å². The number of halogens is 1. The van der Waals surface area contributed by atoms with Crippen molar-refractivity contribution in [3.8, 4) is 5.75 Å². The first-order valence-electron chi connectivity index (χ1n) is 3.07. The molecule has 4 nitrogen and oxygen atoms in total. The summed E-state index contributed by atoms with van der Waals surface area (Å²) in [5, 5.41) is 10.3. The molecule has 0 aliphatic heterocycles. The van der Waals surface area contributed by atoms with Crippen molar-refractivity contribution >= 4 is 21.9 Å². The van der Waals surface area contributed by atoms with E-state index >= 15 is 0 Å². The van der Waals surface area contributed by atoms with E-state index in [-0.39, 0.29) is 5.69 Å². The van der Waals surface area contributed by atoms with Crippen LogP contribution in [-0.2, 0) is 0 Å². The first-order chi connectivity index (χ1) is 5.65. The maximum Gasteiger partial charge on any atom is 0.151 e. The van der Waals surface area contributed by atoms with Crippen LogP contribution in [0, 0.1) is 0 Å². The molecule has 12 heavy (non-hydrogen) atoms. The van der Waals surface area contributed by atoms with Crippen LogP contribution in [0.25, 0.3) is 0 Å². The fraction of sp³-hybridized carbons (Fsp3) is 0.143. The SMILES string of the molecule is COc1ccc(C(=O)[O-])nc1Br. The highest BCUT2D eigenvalue weighted by molar-refractivity contribution is 9.10. The molecule has 0 amide bonds. The first kappa shape index (κ1) is 8.99. The molecular formula is C7H5BrNO3-. The maximum atomic E-state index is 10.3. The van der Waals surface area contributed by atoms with E-state index in [1.807, 2.05) is 0 Å². The molecule has 0 saturated heterocycles. The molecule has 1 aromatic heterocycles. The predicted octanol–water partition coefficient (Wildman–Crippen LogP) is 0.216. The zero-order chi connectivity index (χ0) is 9.14. The molecule has 0 aromatic carbocycles. The van der Waals surface area contributed by atoms with Crippen molar-refractivity contribution in [2.24, 2.45) is 0 Å². The van der Waals surface area contributed by atoms with Gasteiger partial charge in [0, 0.05) is 0 Å². The second-order valence-corrected chi connectivity index (χ2v) is 2.73. The van der Waals surface area contributed by atoms with Gasteiger partial charge in [-0.15, -0.1) is 0 Å². The van der Waals surface area contributed by atoms with Crippen LogP contribution in [0.1, 0.15) is 10.5 Å². The Morgan fingerprint density at radius 2 is 2.33 bits per heavy atom. The minimum atomic E-state index is -1.31. The molecule has 5 heteroatoms. The number of pyridine rings is 1. The Balaban J connectivity index is 3.10. The van der Waals surface area contributed by atoms with Crippen molar-refractivity contribution in [2.75, 3.05) is 7.11 Å². The Morgan fingerprint density at radius 1 is 1.67 bits per heavy atom. The average molecular weight is 231 g/mol. The van der Waals surface area contributed by atoms with E-state index in [0.29, 0.717) is 10.4 Å². The molecule has 0 aliphatic rings. The second-order valence-electron chi connectivity index (χ2n) is 1.98. The lowest BCUT2D eigenvalue weighted by atomic mass is 10.3. The summed E-state index contributed by atoms with van der Waals surface area (Å²) in [6.07, 6.45) is 0. The molecule has 1 rings (SSSR count). The zero-order valence-electron chi connectivity index (χ0n) is 6.20. The summed E-state index contributed by atoms with van der Waals surface area (Å²) in [6.45, 7) is 0. The second kappa shape index (κ2) is 3.53. The van der Waals surface area contributed by atoms with Gasteiger partial charge in [0.2, 0.25) is 0 Å². The minimum Gasteiger partial charge on any atom is -0.543 e. The number of aromatic carboxylic acids is 1. The lowest BCUT2D eigenvalue weighted by Crippen LogP contribution is -2.23. The molecule has 64 valence electrons. The van der Waals surface area contributed by atoms with Gasteiger partial charge in [-0.1, -0.05) is 0 Å². The quantitative estimate of drug-likeness (QED) is 0.683. The summed E-state index contributed by atoms with van der Waals surface area (Å²) in [4.78, 5) is 14.0. The van der Waals surface area contributed by atoms with E-state index in [1.54, 1.807) is 0 Å². The van der Waals surface area contributed by atoms with E-state index in [0.717, 1.165) is 0 Å². The number of hydrogen-bond donors (Lipinski definition) is 0. The van der Waals surface area contributed by atoms with Gasteiger partial charge in [-0.2, -0.15) is 0 Å². The summed E-state index contributed by atoms with van der Waals surface area (Å²) < 4.78 is 5.21. The molecule has 1 aromatic rings. The number of carbonyl (C=O) groups is 1. The van der Waals surface area contributed by atoms with Crippen LogP contribution >= 0.6 is 15.9 Å². The summed E-state index contributed by atoms with van der Waals surface area (Å²) in [5.41, 5.74) is -0.123. The monoisotopic (exact) mass is 230 g/mol. The molecule has 0 aliphatic carbocycles. The zero-order valence-corrected chi connectivity index (χ0v) is 7.79. The van der Waals surface area contributed by atoms with Crippen LogP contribution in [0.2, 0.25) is 0 Å². The topological polar surface area (TPSA) is 62.2 Å². The van der Waals surface area contributed by atoms with E-state index in [9.17, 15) is 9.90 Å². The summed E-state index contributed by atoms with van der Waals surface area (Å²) in [5.74, 6) is -0.821. The molecule has 1 heterocycles. The third-order valence-electron chi connectivity index (χ3n) is 1.24. The normalized spacial score (nSPS) is 9.50. The van der Waals surface area contributed by atoms with Gasteiger partial charge in [-0.05, 0) is 28.1 Å². The van der Waals surface area contributed by atoms with Crippen molar-refractivity contribution in [3.63, 3.8) is 0 Å². The molecule has 0 bridgehead atoms.